The number of aliphatic hydroxyl groups is 1. The average molecular weight is 302 g/mol. The van der Waals surface area contributed by atoms with Gasteiger partial charge in [0.1, 0.15) is 0 Å². The van der Waals surface area contributed by atoms with E-state index in [9.17, 15) is 5.11 Å². The Balaban J connectivity index is 1.58. The molecule has 1 saturated heterocycles. The minimum Gasteiger partial charge on any atom is -0.391 e. The van der Waals surface area contributed by atoms with Gasteiger partial charge in [0, 0.05) is 37.3 Å². The summed E-state index contributed by atoms with van der Waals surface area (Å²) in [5.41, 5.74) is 1.21. The molecule has 1 aliphatic rings. The van der Waals surface area contributed by atoms with Crippen LogP contribution in [0.25, 0.3) is 0 Å². The zero-order valence-electron chi connectivity index (χ0n) is 13.0. The topological polar surface area (TPSA) is 75.3 Å². The first-order valence-corrected chi connectivity index (χ1v) is 7.73. The summed E-state index contributed by atoms with van der Waals surface area (Å²) >= 11 is 0. The second-order valence-corrected chi connectivity index (χ2v) is 6.28. The molecule has 0 aromatic carbocycles. The molecule has 0 spiro atoms. The van der Waals surface area contributed by atoms with E-state index in [1.54, 1.807) is 12.4 Å². The van der Waals surface area contributed by atoms with Gasteiger partial charge in [-0.25, -0.2) is 0 Å². The lowest BCUT2D eigenvalue weighted by molar-refractivity contribution is 0.139. The first-order chi connectivity index (χ1) is 10.6. The van der Waals surface area contributed by atoms with Crippen molar-refractivity contribution < 1.29 is 9.63 Å². The van der Waals surface area contributed by atoms with Crippen molar-refractivity contribution in [1.82, 2.24) is 20.0 Å². The Kier molecular flexibility index (Phi) is 4.49. The number of hydrogen-bond donors (Lipinski definition) is 1. The monoisotopic (exact) mass is 302 g/mol. The molecule has 0 unspecified atom stereocenters. The van der Waals surface area contributed by atoms with Gasteiger partial charge in [0.2, 0.25) is 5.89 Å². The van der Waals surface area contributed by atoms with E-state index in [1.165, 1.54) is 5.56 Å². The Labute approximate surface area is 130 Å². The van der Waals surface area contributed by atoms with E-state index in [0.29, 0.717) is 19.0 Å². The molecule has 0 amide bonds. The maximum atomic E-state index is 10.3. The van der Waals surface area contributed by atoms with Crippen LogP contribution in [0.15, 0.2) is 29.0 Å². The fourth-order valence-electron chi connectivity index (χ4n) is 2.85. The maximum absolute atomic E-state index is 10.3. The van der Waals surface area contributed by atoms with E-state index in [4.69, 9.17) is 4.52 Å². The summed E-state index contributed by atoms with van der Waals surface area (Å²) in [6, 6.07) is 4.00. The van der Waals surface area contributed by atoms with Gasteiger partial charge in [0.05, 0.1) is 12.6 Å². The third-order valence-corrected chi connectivity index (χ3v) is 4.09. The van der Waals surface area contributed by atoms with E-state index in [0.717, 1.165) is 18.8 Å². The van der Waals surface area contributed by atoms with E-state index >= 15 is 0 Å². The Morgan fingerprint density at radius 2 is 2.09 bits per heavy atom. The summed E-state index contributed by atoms with van der Waals surface area (Å²) in [5.74, 6) is 1.86. The van der Waals surface area contributed by atoms with Gasteiger partial charge in [-0.05, 0) is 24.1 Å². The van der Waals surface area contributed by atoms with Crippen LogP contribution in [0.4, 0.5) is 0 Å². The number of pyridine rings is 1. The molecule has 3 rings (SSSR count). The molecule has 6 nitrogen and oxygen atoms in total. The summed E-state index contributed by atoms with van der Waals surface area (Å²) < 4.78 is 5.28. The number of aliphatic hydroxyl groups excluding tert-OH is 1. The highest BCUT2D eigenvalue weighted by molar-refractivity contribution is 5.11. The average Bonchev–Trinajstić information content (AvgIpc) is 3.08. The highest BCUT2D eigenvalue weighted by Crippen LogP contribution is 2.23. The maximum Gasteiger partial charge on any atom is 0.240 e. The van der Waals surface area contributed by atoms with Crippen LogP contribution in [-0.4, -0.2) is 44.3 Å². The first kappa shape index (κ1) is 15.1. The Morgan fingerprint density at radius 1 is 1.32 bits per heavy atom. The highest BCUT2D eigenvalue weighted by atomic mass is 16.5. The van der Waals surface area contributed by atoms with Crippen molar-refractivity contribution in [3.8, 4) is 0 Å². The van der Waals surface area contributed by atoms with Gasteiger partial charge in [-0.3, -0.25) is 9.88 Å². The highest BCUT2D eigenvalue weighted by Gasteiger charge is 2.32. The molecule has 0 aliphatic carbocycles. The van der Waals surface area contributed by atoms with Gasteiger partial charge in [-0.2, -0.15) is 4.98 Å². The molecule has 118 valence electrons. The van der Waals surface area contributed by atoms with Crippen molar-refractivity contribution >= 4 is 0 Å². The number of hydrogen-bond acceptors (Lipinski definition) is 6. The molecule has 1 fully saturated rings. The van der Waals surface area contributed by atoms with Gasteiger partial charge in [0.25, 0.3) is 0 Å². The fourth-order valence-corrected chi connectivity index (χ4v) is 2.85. The molecule has 0 saturated carbocycles. The van der Waals surface area contributed by atoms with Crippen LogP contribution in [0.3, 0.4) is 0 Å². The van der Waals surface area contributed by atoms with Crippen molar-refractivity contribution in [2.75, 3.05) is 13.1 Å². The summed E-state index contributed by atoms with van der Waals surface area (Å²) in [7, 11) is 0. The van der Waals surface area contributed by atoms with Gasteiger partial charge >= 0.3 is 0 Å². The standard InChI is InChI=1S/C16H22N4O2/c1-11(2)16-18-15(22-19-16)10-20-8-13(14(21)9-20)7-12-3-5-17-6-4-12/h3-6,11,13-14,21H,7-10H2,1-2H3/t13-,14+/m1/s1. The van der Waals surface area contributed by atoms with Crippen LogP contribution < -0.4 is 0 Å². The zero-order chi connectivity index (χ0) is 15.5. The zero-order valence-corrected chi connectivity index (χ0v) is 13.0. The third kappa shape index (κ3) is 3.51. The molecule has 2 aromatic rings. The molecule has 2 atom stereocenters. The second kappa shape index (κ2) is 6.54. The van der Waals surface area contributed by atoms with Crippen LogP contribution >= 0.6 is 0 Å². The smallest absolute Gasteiger partial charge is 0.240 e. The van der Waals surface area contributed by atoms with E-state index in [2.05, 4.69) is 20.0 Å². The van der Waals surface area contributed by atoms with Crippen molar-refractivity contribution in [1.29, 1.82) is 0 Å². The molecular weight excluding hydrogens is 280 g/mol. The molecule has 1 aliphatic heterocycles. The molecule has 1 N–H and O–H groups in total. The minimum absolute atomic E-state index is 0.231. The van der Waals surface area contributed by atoms with E-state index < -0.39 is 0 Å². The van der Waals surface area contributed by atoms with Crippen molar-refractivity contribution in [2.45, 2.75) is 38.8 Å². The predicted molar refractivity (Wildman–Crippen MR) is 81.1 cm³/mol. The molecule has 0 radical (unpaired) electrons. The van der Waals surface area contributed by atoms with Gasteiger partial charge in [-0.15, -0.1) is 0 Å². The number of likely N-dealkylation sites (tertiary alicyclic amines) is 1. The van der Waals surface area contributed by atoms with Gasteiger partial charge < -0.3 is 9.63 Å². The molecule has 0 bridgehead atoms. The van der Waals surface area contributed by atoms with Crippen LogP contribution in [0.2, 0.25) is 0 Å². The largest absolute Gasteiger partial charge is 0.391 e. The fraction of sp³-hybridized carbons (Fsp3) is 0.562. The van der Waals surface area contributed by atoms with E-state index in [-0.39, 0.29) is 17.9 Å². The lowest BCUT2D eigenvalue weighted by Gasteiger charge is -2.13. The predicted octanol–water partition coefficient (Wildman–Crippen LogP) is 1.62. The Hall–Kier alpha value is -1.79. The molecule has 2 aromatic heterocycles. The lowest BCUT2D eigenvalue weighted by Crippen LogP contribution is -2.21. The van der Waals surface area contributed by atoms with Crippen LogP contribution in [0.1, 0.15) is 37.0 Å². The van der Waals surface area contributed by atoms with Crippen LogP contribution in [0, 0.1) is 5.92 Å². The van der Waals surface area contributed by atoms with Crippen molar-refractivity contribution in [3.63, 3.8) is 0 Å². The lowest BCUT2D eigenvalue weighted by atomic mass is 9.97. The molecular formula is C16H22N4O2. The Bertz CT molecular complexity index is 599. The number of β-amino-alcohol motifs (C(OH)–C–C–N with tert-alkyl or cyclic N) is 1. The first-order valence-electron chi connectivity index (χ1n) is 7.73. The van der Waals surface area contributed by atoms with Gasteiger partial charge in [-0.1, -0.05) is 19.0 Å². The van der Waals surface area contributed by atoms with E-state index in [1.807, 2.05) is 26.0 Å². The summed E-state index contributed by atoms with van der Waals surface area (Å²) in [5, 5.41) is 14.2. The van der Waals surface area contributed by atoms with Gasteiger partial charge in [0.15, 0.2) is 5.82 Å². The quantitative estimate of drug-likeness (QED) is 0.904. The van der Waals surface area contributed by atoms with Crippen molar-refractivity contribution in [2.24, 2.45) is 5.92 Å². The summed E-state index contributed by atoms with van der Waals surface area (Å²) in [4.78, 5) is 10.6. The van der Waals surface area contributed by atoms with Crippen LogP contribution in [0.5, 0.6) is 0 Å². The van der Waals surface area contributed by atoms with Crippen molar-refractivity contribution in [3.05, 3.63) is 41.8 Å². The third-order valence-electron chi connectivity index (χ3n) is 4.09. The normalized spacial score (nSPS) is 22.5. The Morgan fingerprint density at radius 3 is 2.77 bits per heavy atom. The molecule has 3 heterocycles. The number of nitrogens with zero attached hydrogens (tertiary/aromatic N) is 4. The summed E-state index contributed by atoms with van der Waals surface area (Å²) in [6.45, 7) is 6.17. The second-order valence-electron chi connectivity index (χ2n) is 6.28. The van der Waals surface area contributed by atoms with Crippen LogP contribution in [-0.2, 0) is 13.0 Å². The molecule has 22 heavy (non-hydrogen) atoms. The minimum atomic E-state index is -0.319. The summed E-state index contributed by atoms with van der Waals surface area (Å²) in [6.07, 6.45) is 4.13. The number of aromatic nitrogens is 3. The molecule has 6 heteroatoms. The SMILES string of the molecule is CC(C)c1noc(CN2C[C@@H](Cc3ccncc3)[C@@H](O)C2)n1. The number of rotatable bonds is 5.